The summed E-state index contributed by atoms with van der Waals surface area (Å²) in [6.07, 6.45) is 0. The second kappa shape index (κ2) is 6.19. The van der Waals surface area contributed by atoms with Gasteiger partial charge in [0.2, 0.25) is 11.8 Å². The van der Waals surface area contributed by atoms with Crippen LogP contribution < -0.4 is 16.4 Å². The molecule has 102 valence electrons. The third-order valence-corrected chi connectivity index (χ3v) is 2.72. The van der Waals surface area contributed by atoms with E-state index in [0.717, 1.165) is 0 Å². The van der Waals surface area contributed by atoms with Crippen molar-refractivity contribution in [1.82, 2.24) is 0 Å². The second-order valence-electron chi connectivity index (χ2n) is 3.76. The van der Waals surface area contributed by atoms with Crippen molar-refractivity contribution in [1.29, 1.82) is 0 Å². The normalized spacial score (nSPS) is 9.95. The number of carbonyl (C=O) groups is 3. The van der Waals surface area contributed by atoms with Gasteiger partial charge in [-0.3, -0.25) is 9.59 Å². The lowest BCUT2D eigenvalue weighted by molar-refractivity contribution is -0.117. The van der Waals surface area contributed by atoms with Gasteiger partial charge in [-0.2, -0.15) is 0 Å². The van der Waals surface area contributed by atoms with E-state index in [1.54, 1.807) is 6.07 Å². The van der Waals surface area contributed by atoms with Gasteiger partial charge < -0.3 is 21.5 Å². The van der Waals surface area contributed by atoms with Crippen molar-refractivity contribution >= 4 is 39.4 Å². The van der Waals surface area contributed by atoms with Crippen LogP contribution in [0.4, 0.5) is 5.69 Å². The van der Waals surface area contributed by atoms with E-state index in [-0.39, 0.29) is 24.3 Å². The van der Waals surface area contributed by atoms with Crippen molar-refractivity contribution in [3.05, 3.63) is 28.2 Å². The number of carbonyl (C=O) groups excluding carboxylic acids is 2. The lowest BCUT2D eigenvalue weighted by Crippen LogP contribution is -2.40. The fraction of sp³-hybridized carbons (Fsp3) is 0.182. The molecule has 0 bridgehead atoms. The summed E-state index contributed by atoms with van der Waals surface area (Å²) in [6.45, 7) is -0.612. The summed E-state index contributed by atoms with van der Waals surface area (Å²) < 4.78 is 0.603. The van der Waals surface area contributed by atoms with E-state index in [1.165, 1.54) is 17.0 Å². The number of carboxylic acid groups (broad SMARTS) is 1. The first-order chi connectivity index (χ1) is 8.81. The number of nitrogens with two attached hydrogens (primary N) is 2. The van der Waals surface area contributed by atoms with Crippen molar-refractivity contribution in [3.63, 3.8) is 0 Å². The maximum Gasteiger partial charge on any atom is 0.337 e. The number of hydrogen-bond donors (Lipinski definition) is 3. The Bertz CT molecular complexity index is 517. The number of halogens is 1. The van der Waals surface area contributed by atoms with Gasteiger partial charge in [0, 0.05) is 4.47 Å². The highest BCUT2D eigenvalue weighted by Crippen LogP contribution is 2.25. The Morgan fingerprint density at radius 3 is 2.11 bits per heavy atom. The van der Waals surface area contributed by atoms with E-state index in [9.17, 15) is 14.4 Å². The maximum absolute atomic E-state index is 11.1. The highest BCUT2D eigenvalue weighted by atomic mass is 79.9. The van der Waals surface area contributed by atoms with Crippen molar-refractivity contribution < 1.29 is 19.5 Å². The number of nitrogens with zero attached hydrogens (tertiary/aromatic N) is 1. The van der Waals surface area contributed by atoms with Crippen molar-refractivity contribution in [3.8, 4) is 0 Å². The average Bonchev–Trinajstić information content (AvgIpc) is 2.26. The van der Waals surface area contributed by atoms with Crippen LogP contribution >= 0.6 is 15.9 Å². The minimum Gasteiger partial charge on any atom is -0.478 e. The molecule has 0 atom stereocenters. The molecule has 8 heteroatoms. The van der Waals surface area contributed by atoms with Crippen LogP contribution in [-0.4, -0.2) is 36.0 Å². The minimum absolute atomic E-state index is 0.0503. The molecule has 1 aromatic carbocycles. The predicted molar refractivity (Wildman–Crippen MR) is 71.7 cm³/mol. The molecule has 7 nitrogen and oxygen atoms in total. The molecule has 0 radical (unpaired) electrons. The van der Waals surface area contributed by atoms with Gasteiger partial charge >= 0.3 is 5.97 Å². The summed E-state index contributed by atoms with van der Waals surface area (Å²) in [4.78, 5) is 34.4. The number of hydrogen-bond acceptors (Lipinski definition) is 4. The Labute approximate surface area is 117 Å². The van der Waals surface area contributed by atoms with Crippen molar-refractivity contribution in [2.75, 3.05) is 18.0 Å². The fourth-order valence-electron chi connectivity index (χ4n) is 1.55. The average molecular weight is 330 g/mol. The largest absolute Gasteiger partial charge is 0.478 e. The molecule has 1 aromatic rings. The molecule has 1 rings (SSSR count). The van der Waals surface area contributed by atoms with Gasteiger partial charge in [-0.1, -0.05) is 15.9 Å². The molecule has 5 N–H and O–H groups in total. The zero-order valence-electron chi connectivity index (χ0n) is 9.80. The summed E-state index contributed by atoms with van der Waals surface area (Å²) in [7, 11) is 0. The number of primary amides is 2. The minimum atomic E-state index is -1.18. The Hall–Kier alpha value is -2.09. The van der Waals surface area contributed by atoms with Crippen molar-refractivity contribution in [2.45, 2.75) is 0 Å². The zero-order chi connectivity index (χ0) is 14.6. The number of benzene rings is 1. The molecule has 0 aliphatic carbocycles. The van der Waals surface area contributed by atoms with Gasteiger partial charge in [-0.15, -0.1) is 0 Å². The van der Waals surface area contributed by atoms with Gasteiger partial charge in [0.15, 0.2) is 0 Å². The molecular weight excluding hydrogens is 318 g/mol. The van der Waals surface area contributed by atoms with Gasteiger partial charge in [0.25, 0.3) is 0 Å². The summed E-state index contributed by atoms with van der Waals surface area (Å²) in [6, 6.07) is 4.38. The summed E-state index contributed by atoms with van der Waals surface area (Å²) in [5.74, 6) is -2.57. The Balaban J connectivity index is 3.26. The van der Waals surface area contributed by atoms with Gasteiger partial charge in [-0.25, -0.2) is 4.79 Å². The second-order valence-corrected chi connectivity index (χ2v) is 4.67. The van der Waals surface area contributed by atoms with Crippen LogP contribution in [0, 0.1) is 0 Å². The van der Waals surface area contributed by atoms with E-state index < -0.39 is 17.8 Å². The number of anilines is 1. The monoisotopic (exact) mass is 329 g/mol. The predicted octanol–water partition coefficient (Wildman–Crippen LogP) is -0.0757. The van der Waals surface area contributed by atoms with Gasteiger partial charge in [0.1, 0.15) is 0 Å². The van der Waals surface area contributed by atoms with Crippen LogP contribution in [0.15, 0.2) is 22.7 Å². The zero-order valence-corrected chi connectivity index (χ0v) is 11.4. The standard InChI is InChI=1S/C11H12BrN3O4/c12-6-1-2-7(11(18)19)8(3-6)15(4-9(13)16)5-10(14)17/h1-3H,4-5H2,(H2,13,16)(H2,14,17)(H,18,19). The maximum atomic E-state index is 11.1. The van der Waals surface area contributed by atoms with Crippen LogP contribution in [0.5, 0.6) is 0 Å². The number of aromatic carboxylic acids is 1. The van der Waals surface area contributed by atoms with Gasteiger partial charge in [-0.05, 0) is 18.2 Å². The summed E-state index contributed by atoms with van der Waals surface area (Å²) >= 11 is 3.19. The molecule has 2 amide bonds. The van der Waals surface area contributed by atoms with Gasteiger partial charge in [0.05, 0.1) is 24.3 Å². The quantitative estimate of drug-likeness (QED) is 0.673. The SMILES string of the molecule is NC(=O)CN(CC(N)=O)c1cc(Br)ccc1C(=O)O. The van der Waals surface area contributed by atoms with E-state index in [2.05, 4.69) is 15.9 Å². The first-order valence-electron chi connectivity index (χ1n) is 5.15. The molecule has 0 spiro atoms. The van der Waals surface area contributed by atoms with E-state index in [0.29, 0.717) is 4.47 Å². The Morgan fingerprint density at radius 1 is 1.16 bits per heavy atom. The smallest absolute Gasteiger partial charge is 0.337 e. The van der Waals surface area contributed by atoms with Crippen LogP contribution in [0.3, 0.4) is 0 Å². The molecular formula is C11H12BrN3O4. The third kappa shape index (κ3) is 4.25. The summed E-state index contributed by atoms with van der Waals surface area (Å²) in [5, 5.41) is 9.10. The highest BCUT2D eigenvalue weighted by Gasteiger charge is 2.19. The van der Waals surface area contributed by atoms with Crippen LogP contribution in [0.2, 0.25) is 0 Å². The Morgan fingerprint density at radius 2 is 1.68 bits per heavy atom. The molecule has 0 aromatic heterocycles. The molecule has 19 heavy (non-hydrogen) atoms. The van der Waals surface area contributed by atoms with Crippen molar-refractivity contribution in [2.24, 2.45) is 11.5 Å². The number of carboxylic acids is 1. The number of amides is 2. The molecule has 0 unspecified atom stereocenters. The molecule has 0 saturated heterocycles. The Kier molecular flexibility index (Phi) is 4.87. The van der Waals surface area contributed by atoms with Crippen LogP contribution in [-0.2, 0) is 9.59 Å². The molecule has 0 aliphatic rings. The molecule has 0 heterocycles. The molecule has 0 saturated carbocycles. The lowest BCUT2D eigenvalue weighted by atomic mass is 10.1. The third-order valence-electron chi connectivity index (χ3n) is 2.22. The topological polar surface area (TPSA) is 127 Å². The first kappa shape index (κ1) is 15.0. The van der Waals surface area contributed by atoms with E-state index >= 15 is 0 Å². The van der Waals surface area contributed by atoms with Crippen LogP contribution in [0.25, 0.3) is 0 Å². The lowest BCUT2D eigenvalue weighted by Gasteiger charge is -2.23. The summed E-state index contributed by atoms with van der Waals surface area (Å²) in [5.41, 5.74) is 10.3. The fourth-order valence-corrected chi connectivity index (χ4v) is 1.90. The van der Waals surface area contributed by atoms with Crippen LogP contribution in [0.1, 0.15) is 10.4 Å². The molecule has 0 fully saturated rings. The molecule has 0 aliphatic heterocycles. The van der Waals surface area contributed by atoms with E-state index in [1.807, 2.05) is 0 Å². The highest BCUT2D eigenvalue weighted by molar-refractivity contribution is 9.10. The first-order valence-corrected chi connectivity index (χ1v) is 5.95. The van der Waals surface area contributed by atoms with E-state index in [4.69, 9.17) is 16.6 Å². The number of rotatable bonds is 6.